The maximum Gasteiger partial charge on any atom is 0.246 e. The molecular formula is C20H18N2O3S. The average Bonchev–Trinajstić information content (AvgIpc) is 3.30. The highest BCUT2D eigenvalue weighted by atomic mass is 32.1. The molecular weight excluding hydrogens is 348 g/mol. The molecule has 6 heteroatoms. The SMILES string of the molecule is C[C@@H](c1nc2ccccc2s1)N(C)C(=O)/C=C/c1ccc2c(c1)OCO2. The fourth-order valence-corrected chi connectivity index (χ4v) is 3.79. The molecule has 2 aromatic carbocycles. The molecule has 1 atom stereocenters. The van der Waals surface area contributed by atoms with E-state index in [2.05, 4.69) is 4.98 Å². The first-order chi connectivity index (χ1) is 12.6. The topological polar surface area (TPSA) is 51.7 Å². The van der Waals surface area contributed by atoms with E-state index in [-0.39, 0.29) is 18.7 Å². The second-order valence-electron chi connectivity index (χ2n) is 6.09. The van der Waals surface area contributed by atoms with Crippen LogP contribution in [0, 0.1) is 0 Å². The van der Waals surface area contributed by atoms with E-state index in [9.17, 15) is 4.79 Å². The first kappa shape index (κ1) is 16.6. The number of thiazole rings is 1. The van der Waals surface area contributed by atoms with Gasteiger partial charge in [0.2, 0.25) is 12.7 Å². The van der Waals surface area contributed by atoms with Gasteiger partial charge in [-0.2, -0.15) is 0 Å². The van der Waals surface area contributed by atoms with Crippen LogP contribution in [0.15, 0.2) is 48.5 Å². The van der Waals surface area contributed by atoms with Crippen LogP contribution in [0.25, 0.3) is 16.3 Å². The van der Waals surface area contributed by atoms with E-state index in [1.807, 2.05) is 49.4 Å². The zero-order valence-electron chi connectivity index (χ0n) is 14.5. The Morgan fingerprint density at radius 1 is 1.23 bits per heavy atom. The molecule has 0 N–H and O–H groups in total. The largest absolute Gasteiger partial charge is 0.454 e. The van der Waals surface area contributed by atoms with Crippen molar-refractivity contribution in [2.45, 2.75) is 13.0 Å². The van der Waals surface area contributed by atoms with Crippen molar-refractivity contribution < 1.29 is 14.3 Å². The van der Waals surface area contributed by atoms with Crippen LogP contribution in [0.2, 0.25) is 0 Å². The van der Waals surface area contributed by atoms with Crippen molar-refractivity contribution >= 4 is 33.5 Å². The number of para-hydroxylation sites is 1. The summed E-state index contributed by atoms with van der Waals surface area (Å²) in [4.78, 5) is 18.9. The van der Waals surface area contributed by atoms with Gasteiger partial charge in [0.15, 0.2) is 11.5 Å². The van der Waals surface area contributed by atoms with Gasteiger partial charge in [0.1, 0.15) is 5.01 Å². The first-order valence-corrected chi connectivity index (χ1v) is 9.13. The number of aromatic nitrogens is 1. The van der Waals surface area contributed by atoms with Crippen molar-refractivity contribution in [2.75, 3.05) is 13.8 Å². The minimum absolute atomic E-state index is 0.0746. The van der Waals surface area contributed by atoms with Crippen molar-refractivity contribution in [3.05, 3.63) is 59.1 Å². The van der Waals surface area contributed by atoms with Crippen molar-refractivity contribution in [3.63, 3.8) is 0 Å². The van der Waals surface area contributed by atoms with Crippen LogP contribution in [0.4, 0.5) is 0 Å². The van der Waals surface area contributed by atoms with E-state index in [1.165, 1.54) is 0 Å². The molecule has 0 aliphatic carbocycles. The summed E-state index contributed by atoms with van der Waals surface area (Å²) in [5, 5.41) is 0.929. The fourth-order valence-electron chi connectivity index (χ4n) is 2.73. The van der Waals surface area contributed by atoms with E-state index >= 15 is 0 Å². The van der Waals surface area contributed by atoms with Gasteiger partial charge < -0.3 is 14.4 Å². The van der Waals surface area contributed by atoms with Gasteiger partial charge in [0, 0.05) is 13.1 Å². The third-order valence-corrected chi connectivity index (χ3v) is 5.62. The highest BCUT2D eigenvalue weighted by Crippen LogP contribution is 2.33. The van der Waals surface area contributed by atoms with Crippen LogP contribution in [-0.4, -0.2) is 29.6 Å². The summed E-state index contributed by atoms with van der Waals surface area (Å²) in [5.74, 6) is 1.36. The van der Waals surface area contributed by atoms with Crippen LogP contribution in [0.3, 0.4) is 0 Å². The van der Waals surface area contributed by atoms with Crippen LogP contribution in [-0.2, 0) is 4.79 Å². The molecule has 0 saturated heterocycles. The summed E-state index contributed by atoms with van der Waals surface area (Å²) in [6.45, 7) is 2.23. The van der Waals surface area contributed by atoms with Crippen molar-refractivity contribution in [1.82, 2.24) is 9.88 Å². The second-order valence-corrected chi connectivity index (χ2v) is 7.15. The number of hydrogen-bond acceptors (Lipinski definition) is 5. The lowest BCUT2D eigenvalue weighted by Crippen LogP contribution is -2.27. The third-order valence-electron chi connectivity index (χ3n) is 4.41. The normalized spacial score (nSPS) is 14.1. The zero-order valence-corrected chi connectivity index (χ0v) is 15.3. The van der Waals surface area contributed by atoms with E-state index in [1.54, 1.807) is 35.4 Å². The van der Waals surface area contributed by atoms with Gasteiger partial charge in [-0.3, -0.25) is 4.79 Å². The summed E-state index contributed by atoms with van der Waals surface area (Å²) in [5.41, 5.74) is 1.86. The van der Waals surface area contributed by atoms with Gasteiger partial charge >= 0.3 is 0 Å². The molecule has 3 aromatic rings. The van der Waals surface area contributed by atoms with Crippen LogP contribution in [0.5, 0.6) is 11.5 Å². The fraction of sp³-hybridized carbons (Fsp3) is 0.200. The third kappa shape index (κ3) is 3.15. The van der Waals surface area contributed by atoms with Crippen molar-refractivity contribution in [3.8, 4) is 11.5 Å². The molecule has 0 radical (unpaired) electrons. The maximum absolute atomic E-state index is 12.5. The van der Waals surface area contributed by atoms with E-state index < -0.39 is 0 Å². The molecule has 1 aliphatic heterocycles. The van der Waals surface area contributed by atoms with Gasteiger partial charge in [-0.1, -0.05) is 18.2 Å². The van der Waals surface area contributed by atoms with Crippen molar-refractivity contribution in [2.24, 2.45) is 0 Å². The maximum atomic E-state index is 12.5. The standard InChI is InChI=1S/C20H18N2O3S/c1-13(20-21-15-5-3-4-6-18(15)26-20)22(2)19(23)10-8-14-7-9-16-17(11-14)25-12-24-16/h3-11,13H,12H2,1-2H3/b10-8+/t13-/m0/s1. The van der Waals surface area contributed by atoms with Crippen LogP contribution >= 0.6 is 11.3 Å². The summed E-state index contributed by atoms with van der Waals surface area (Å²) in [6, 6.07) is 13.5. The second kappa shape index (κ2) is 6.80. The Morgan fingerprint density at radius 3 is 2.88 bits per heavy atom. The Balaban J connectivity index is 1.48. The predicted molar refractivity (Wildman–Crippen MR) is 102 cm³/mol. The summed E-state index contributed by atoms with van der Waals surface area (Å²) in [6.07, 6.45) is 3.35. The number of nitrogens with zero attached hydrogens (tertiary/aromatic N) is 2. The lowest BCUT2D eigenvalue weighted by atomic mass is 10.2. The number of rotatable bonds is 4. The predicted octanol–water partition coefficient (Wildman–Crippen LogP) is 4.26. The van der Waals surface area contributed by atoms with Gasteiger partial charge in [-0.15, -0.1) is 11.3 Å². The van der Waals surface area contributed by atoms with Gasteiger partial charge in [0.25, 0.3) is 0 Å². The smallest absolute Gasteiger partial charge is 0.246 e. The Labute approximate surface area is 155 Å². The average molecular weight is 366 g/mol. The van der Waals surface area contributed by atoms with Crippen LogP contribution in [0.1, 0.15) is 23.5 Å². The minimum Gasteiger partial charge on any atom is -0.454 e. The zero-order chi connectivity index (χ0) is 18.1. The van der Waals surface area contributed by atoms with Crippen LogP contribution < -0.4 is 9.47 Å². The van der Waals surface area contributed by atoms with Crippen molar-refractivity contribution in [1.29, 1.82) is 0 Å². The number of hydrogen-bond donors (Lipinski definition) is 0. The Hall–Kier alpha value is -2.86. The van der Waals surface area contributed by atoms with Gasteiger partial charge in [-0.25, -0.2) is 4.98 Å². The summed E-state index contributed by atoms with van der Waals surface area (Å²) < 4.78 is 11.8. The molecule has 5 nitrogen and oxygen atoms in total. The Bertz CT molecular complexity index is 963. The van der Waals surface area contributed by atoms with E-state index in [0.29, 0.717) is 5.75 Å². The molecule has 132 valence electrons. The molecule has 1 aliphatic rings. The lowest BCUT2D eigenvalue weighted by molar-refractivity contribution is -0.126. The molecule has 0 fully saturated rings. The highest BCUT2D eigenvalue weighted by molar-refractivity contribution is 7.18. The molecule has 0 saturated carbocycles. The molecule has 0 bridgehead atoms. The number of fused-ring (bicyclic) bond motifs is 2. The number of likely N-dealkylation sites (N-methyl/N-ethyl adjacent to an activating group) is 1. The molecule has 0 unspecified atom stereocenters. The van der Waals surface area contributed by atoms with E-state index in [0.717, 1.165) is 26.5 Å². The lowest BCUT2D eigenvalue weighted by Gasteiger charge is -2.21. The quantitative estimate of drug-likeness (QED) is 0.648. The molecule has 1 aromatic heterocycles. The number of benzene rings is 2. The van der Waals surface area contributed by atoms with Gasteiger partial charge in [0.05, 0.1) is 16.3 Å². The first-order valence-electron chi connectivity index (χ1n) is 8.32. The molecule has 0 spiro atoms. The minimum atomic E-state index is -0.0960. The Kier molecular flexibility index (Phi) is 4.34. The Morgan fingerprint density at radius 2 is 2.04 bits per heavy atom. The molecule has 26 heavy (non-hydrogen) atoms. The number of amides is 1. The number of ether oxygens (including phenoxy) is 2. The number of carbonyl (C=O) groups excluding carboxylic acids is 1. The summed E-state index contributed by atoms with van der Waals surface area (Å²) >= 11 is 1.62. The van der Waals surface area contributed by atoms with E-state index in [4.69, 9.17) is 9.47 Å². The summed E-state index contributed by atoms with van der Waals surface area (Å²) in [7, 11) is 1.79. The molecule has 2 heterocycles. The monoisotopic (exact) mass is 366 g/mol. The number of carbonyl (C=O) groups is 1. The molecule has 4 rings (SSSR count). The molecule has 1 amide bonds. The highest BCUT2D eigenvalue weighted by Gasteiger charge is 2.19. The van der Waals surface area contributed by atoms with Gasteiger partial charge in [-0.05, 0) is 42.8 Å².